The molecule has 0 amide bonds. The van der Waals surface area contributed by atoms with Gasteiger partial charge in [-0.1, -0.05) is 45.0 Å². The molecule has 2 aromatic carbocycles. The van der Waals surface area contributed by atoms with Crippen LogP contribution in [0.4, 0.5) is 0 Å². The van der Waals surface area contributed by atoms with Gasteiger partial charge in [0.15, 0.2) is 5.76 Å². The SMILES string of the molecule is CC(C)(C)c1ccc(C=C2Oc3cc(OC(=O)C4CC4)ccc3C2=O)cc1. The molecule has 1 heterocycles. The zero-order valence-corrected chi connectivity index (χ0v) is 15.7. The average molecular weight is 362 g/mol. The molecule has 4 rings (SSSR count). The van der Waals surface area contributed by atoms with Crippen molar-refractivity contribution < 1.29 is 19.1 Å². The highest BCUT2D eigenvalue weighted by molar-refractivity contribution is 6.14. The summed E-state index contributed by atoms with van der Waals surface area (Å²) < 4.78 is 11.1. The van der Waals surface area contributed by atoms with Crippen LogP contribution in [0.2, 0.25) is 0 Å². The topological polar surface area (TPSA) is 52.6 Å². The summed E-state index contributed by atoms with van der Waals surface area (Å²) in [4.78, 5) is 24.4. The Morgan fingerprint density at radius 3 is 2.44 bits per heavy atom. The van der Waals surface area contributed by atoms with Gasteiger partial charge in [0.2, 0.25) is 5.78 Å². The van der Waals surface area contributed by atoms with E-state index in [1.165, 1.54) is 5.56 Å². The number of allylic oxidation sites excluding steroid dienone is 1. The van der Waals surface area contributed by atoms with Crippen LogP contribution in [0.3, 0.4) is 0 Å². The summed E-state index contributed by atoms with van der Waals surface area (Å²) in [5.41, 5.74) is 2.70. The monoisotopic (exact) mass is 362 g/mol. The van der Waals surface area contributed by atoms with E-state index < -0.39 is 0 Å². The minimum Gasteiger partial charge on any atom is -0.452 e. The number of hydrogen-bond donors (Lipinski definition) is 0. The van der Waals surface area contributed by atoms with Crippen LogP contribution >= 0.6 is 0 Å². The maximum absolute atomic E-state index is 12.6. The van der Waals surface area contributed by atoms with E-state index in [1.807, 2.05) is 12.1 Å². The van der Waals surface area contributed by atoms with Gasteiger partial charge < -0.3 is 9.47 Å². The first-order chi connectivity index (χ1) is 12.8. The number of hydrogen-bond acceptors (Lipinski definition) is 4. The Kier molecular flexibility index (Phi) is 4.14. The van der Waals surface area contributed by atoms with Gasteiger partial charge in [-0.05, 0) is 47.6 Å². The van der Waals surface area contributed by atoms with Gasteiger partial charge in [0.05, 0.1) is 11.5 Å². The normalized spacial score (nSPS) is 17.6. The maximum Gasteiger partial charge on any atom is 0.314 e. The van der Waals surface area contributed by atoms with Crippen molar-refractivity contribution in [2.45, 2.75) is 39.0 Å². The molecular formula is C23H22O4. The molecule has 0 N–H and O–H groups in total. The van der Waals surface area contributed by atoms with Crippen molar-refractivity contribution in [3.05, 3.63) is 64.9 Å². The highest BCUT2D eigenvalue weighted by atomic mass is 16.5. The molecule has 0 radical (unpaired) electrons. The Labute approximate surface area is 158 Å². The number of ketones is 1. The number of esters is 1. The second kappa shape index (κ2) is 6.38. The molecule has 0 atom stereocenters. The molecular weight excluding hydrogens is 340 g/mol. The van der Waals surface area contributed by atoms with E-state index in [0.29, 0.717) is 17.1 Å². The molecule has 0 unspecified atom stereocenters. The molecule has 1 aliphatic carbocycles. The molecule has 1 saturated carbocycles. The summed E-state index contributed by atoms with van der Waals surface area (Å²) in [6, 6.07) is 13.0. The summed E-state index contributed by atoms with van der Waals surface area (Å²) in [5.74, 6) is 0.762. The van der Waals surface area contributed by atoms with Crippen LogP contribution in [0.25, 0.3) is 6.08 Å². The van der Waals surface area contributed by atoms with Crippen molar-refractivity contribution in [2.24, 2.45) is 5.92 Å². The average Bonchev–Trinajstić information content (AvgIpc) is 3.42. The highest BCUT2D eigenvalue weighted by Gasteiger charge is 2.32. The zero-order valence-electron chi connectivity index (χ0n) is 15.7. The third-order valence-electron chi connectivity index (χ3n) is 4.85. The van der Waals surface area contributed by atoms with Crippen molar-refractivity contribution in [1.82, 2.24) is 0 Å². The number of benzene rings is 2. The zero-order chi connectivity index (χ0) is 19.2. The Morgan fingerprint density at radius 2 is 1.81 bits per heavy atom. The Hall–Kier alpha value is -2.88. The van der Waals surface area contributed by atoms with Crippen LogP contribution in [-0.4, -0.2) is 11.8 Å². The lowest BCUT2D eigenvalue weighted by Gasteiger charge is -2.18. The summed E-state index contributed by atoms with van der Waals surface area (Å²) in [5, 5.41) is 0. The van der Waals surface area contributed by atoms with Gasteiger partial charge in [-0.25, -0.2) is 0 Å². The molecule has 2 aromatic rings. The summed E-state index contributed by atoms with van der Waals surface area (Å²) in [6.45, 7) is 6.48. The summed E-state index contributed by atoms with van der Waals surface area (Å²) in [7, 11) is 0. The van der Waals surface area contributed by atoms with Crippen molar-refractivity contribution in [3.8, 4) is 11.5 Å². The first-order valence-corrected chi connectivity index (χ1v) is 9.22. The highest BCUT2D eigenvalue weighted by Crippen LogP contribution is 2.36. The maximum atomic E-state index is 12.6. The Balaban J connectivity index is 1.53. The number of carbonyl (C=O) groups is 2. The fraction of sp³-hybridized carbons (Fsp3) is 0.304. The predicted octanol–water partition coefficient (Wildman–Crippen LogP) is 4.92. The van der Waals surface area contributed by atoms with Crippen LogP contribution in [0.5, 0.6) is 11.5 Å². The van der Waals surface area contributed by atoms with E-state index in [9.17, 15) is 9.59 Å². The minimum atomic E-state index is -0.214. The van der Waals surface area contributed by atoms with Gasteiger partial charge in [-0.3, -0.25) is 9.59 Å². The lowest BCUT2D eigenvalue weighted by molar-refractivity contribution is -0.135. The van der Waals surface area contributed by atoms with Crippen LogP contribution in [0, 0.1) is 5.92 Å². The Bertz CT molecular complexity index is 941. The van der Waals surface area contributed by atoms with Crippen molar-refractivity contribution in [3.63, 3.8) is 0 Å². The number of ether oxygens (including phenoxy) is 2. The summed E-state index contributed by atoms with van der Waals surface area (Å²) in [6.07, 6.45) is 3.52. The van der Waals surface area contributed by atoms with E-state index in [1.54, 1.807) is 24.3 Å². The van der Waals surface area contributed by atoms with Crippen molar-refractivity contribution in [2.75, 3.05) is 0 Å². The molecule has 0 aromatic heterocycles. The van der Waals surface area contributed by atoms with Crippen LogP contribution in [-0.2, 0) is 10.2 Å². The number of carbonyl (C=O) groups excluding carboxylic acids is 2. The quantitative estimate of drug-likeness (QED) is 0.442. The lowest BCUT2D eigenvalue weighted by atomic mass is 9.86. The summed E-state index contributed by atoms with van der Waals surface area (Å²) >= 11 is 0. The second-order valence-corrected chi connectivity index (χ2v) is 8.17. The third kappa shape index (κ3) is 3.65. The smallest absolute Gasteiger partial charge is 0.314 e. The van der Waals surface area contributed by atoms with E-state index in [2.05, 4.69) is 32.9 Å². The molecule has 0 bridgehead atoms. The molecule has 4 heteroatoms. The fourth-order valence-electron chi connectivity index (χ4n) is 2.98. The molecule has 4 nitrogen and oxygen atoms in total. The van der Waals surface area contributed by atoms with Gasteiger partial charge in [-0.2, -0.15) is 0 Å². The van der Waals surface area contributed by atoms with Gasteiger partial charge >= 0.3 is 5.97 Å². The first kappa shape index (κ1) is 17.5. The third-order valence-corrected chi connectivity index (χ3v) is 4.85. The number of fused-ring (bicyclic) bond motifs is 1. The number of Topliss-reactive ketones (excluding diaryl/α,β-unsaturated/α-hetero) is 1. The van der Waals surface area contributed by atoms with Crippen LogP contribution in [0.15, 0.2) is 48.2 Å². The molecule has 1 aliphatic heterocycles. The first-order valence-electron chi connectivity index (χ1n) is 9.22. The molecule has 0 spiro atoms. The second-order valence-electron chi connectivity index (χ2n) is 8.17. The fourth-order valence-corrected chi connectivity index (χ4v) is 2.98. The lowest BCUT2D eigenvalue weighted by Crippen LogP contribution is -2.10. The molecule has 1 fully saturated rings. The minimum absolute atomic E-state index is 0.0207. The van der Waals surface area contributed by atoms with E-state index in [4.69, 9.17) is 9.47 Å². The van der Waals surface area contributed by atoms with E-state index in [-0.39, 0.29) is 28.8 Å². The van der Waals surface area contributed by atoms with Gasteiger partial charge in [0.1, 0.15) is 11.5 Å². The largest absolute Gasteiger partial charge is 0.452 e. The molecule has 27 heavy (non-hydrogen) atoms. The van der Waals surface area contributed by atoms with Crippen molar-refractivity contribution >= 4 is 17.8 Å². The van der Waals surface area contributed by atoms with Crippen LogP contribution in [0.1, 0.15) is 55.1 Å². The molecule has 138 valence electrons. The predicted molar refractivity (Wildman–Crippen MR) is 103 cm³/mol. The van der Waals surface area contributed by atoms with Crippen molar-refractivity contribution in [1.29, 1.82) is 0 Å². The van der Waals surface area contributed by atoms with Gasteiger partial charge in [0, 0.05) is 6.07 Å². The Morgan fingerprint density at radius 1 is 1.11 bits per heavy atom. The van der Waals surface area contributed by atoms with E-state index >= 15 is 0 Å². The standard InChI is InChI=1S/C23H22O4/c1-23(2,3)16-8-4-14(5-9-16)12-20-21(24)18-11-10-17(13-19(18)27-20)26-22(25)15-6-7-15/h4-5,8-13,15H,6-7H2,1-3H3. The molecule has 2 aliphatic rings. The van der Waals surface area contributed by atoms with Gasteiger partial charge in [0.25, 0.3) is 0 Å². The number of rotatable bonds is 3. The van der Waals surface area contributed by atoms with E-state index in [0.717, 1.165) is 18.4 Å². The molecule has 0 saturated heterocycles. The van der Waals surface area contributed by atoms with Gasteiger partial charge in [-0.15, -0.1) is 0 Å². The van der Waals surface area contributed by atoms with Crippen LogP contribution < -0.4 is 9.47 Å².